The molecule has 3 aromatic rings. The summed E-state index contributed by atoms with van der Waals surface area (Å²) in [7, 11) is 1.70. The van der Waals surface area contributed by atoms with E-state index >= 15 is 0 Å². The quantitative estimate of drug-likeness (QED) is 0.775. The van der Waals surface area contributed by atoms with Crippen LogP contribution in [0.3, 0.4) is 0 Å². The van der Waals surface area contributed by atoms with Crippen molar-refractivity contribution in [2.45, 2.75) is 0 Å². The van der Waals surface area contributed by atoms with Gasteiger partial charge in [0.15, 0.2) is 0 Å². The number of hydrogen-bond donors (Lipinski definition) is 1. The van der Waals surface area contributed by atoms with Crippen LogP contribution in [0.1, 0.15) is 0 Å². The van der Waals surface area contributed by atoms with E-state index in [1.165, 1.54) is 15.9 Å². The second-order valence-electron chi connectivity index (χ2n) is 3.62. The second-order valence-corrected chi connectivity index (χ2v) is 4.46. The topological polar surface area (TPSA) is 42.2 Å². The second kappa shape index (κ2) is 4.02. The van der Waals surface area contributed by atoms with Crippen LogP contribution in [0, 0.1) is 11.6 Å². The van der Waals surface area contributed by atoms with Crippen LogP contribution < -0.4 is 5.32 Å². The van der Waals surface area contributed by atoms with Crippen LogP contribution in [0.5, 0.6) is 0 Å². The molecule has 0 aliphatic carbocycles. The Labute approximate surface area is 105 Å². The van der Waals surface area contributed by atoms with Gasteiger partial charge in [0.25, 0.3) is 0 Å². The average molecular weight is 266 g/mol. The molecular formula is C11H8F2N4S. The first kappa shape index (κ1) is 11.1. The van der Waals surface area contributed by atoms with Gasteiger partial charge >= 0.3 is 0 Å². The van der Waals surface area contributed by atoms with Crippen LogP contribution in [0.25, 0.3) is 16.2 Å². The molecule has 2 aromatic heterocycles. The van der Waals surface area contributed by atoms with Crippen molar-refractivity contribution < 1.29 is 8.78 Å². The zero-order chi connectivity index (χ0) is 12.7. The Bertz CT molecular complexity index is 719. The van der Waals surface area contributed by atoms with E-state index in [4.69, 9.17) is 0 Å². The molecular weight excluding hydrogens is 258 g/mol. The zero-order valence-corrected chi connectivity index (χ0v) is 10.1. The van der Waals surface area contributed by atoms with Gasteiger partial charge in [-0.3, -0.25) is 0 Å². The van der Waals surface area contributed by atoms with Gasteiger partial charge in [-0.05, 0) is 18.2 Å². The van der Waals surface area contributed by atoms with Gasteiger partial charge in [-0.1, -0.05) is 0 Å². The lowest BCUT2D eigenvalue weighted by molar-refractivity contribution is 0.602. The van der Waals surface area contributed by atoms with Crippen molar-refractivity contribution in [3.05, 3.63) is 35.2 Å². The van der Waals surface area contributed by atoms with Crippen LogP contribution >= 0.6 is 11.3 Å². The average Bonchev–Trinajstić information content (AvgIpc) is 2.91. The summed E-state index contributed by atoms with van der Waals surface area (Å²) in [6.07, 6.45) is 0. The highest BCUT2D eigenvalue weighted by molar-refractivity contribution is 7.15. The maximum Gasteiger partial charge on any atom is 0.243 e. The molecule has 1 aromatic carbocycles. The summed E-state index contributed by atoms with van der Waals surface area (Å²) in [4.78, 5) is 4.80. The molecule has 2 heterocycles. The Hall–Kier alpha value is -2.02. The summed E-state index contributed by atoms with van der Waals surface area (Å²) in [6.45, 7) is 0. The number of hydrogen-bond acceptors (Lipinski definition) is 4. The molecule has 0 radical (unpaired) electrons. The van der Waals surface area contributed by atoms with E-state index in [0.29, 0.717) is 16.6 Å². The molecule has 0 saturated heterocycles. The van der Waals surface area contributed by atoms with E-state index in [-0.39, 0.29) is 5.56 Å². The van der Waals surface area contributed by atoms with Crippen molar-refractivity contribution in [1.29, 1.82) is 0 Å². The number of anilines is 1. The van der Waals surface area contributed by atoms with E-state index in [1.54, 1.807) is 12.4 Å². The third-order valence-electron chi connectivity index (χ3n) is 2.51. The van der Waals surface area contributed by atoms with E-state index in [9.17, 15) is 8.78 Å². The van der Waals surface area contributed by atoms with Gasteiger partial charge in [0.05, 0.1) is 5.69 Å². The lowest BCUT2D eigenvalue weighted by Gasteiger charge is -2.01. The van der Waals surface area contributed by atoms with Crippen LogP contribution in [-0.4, -0.2) is 21.6 Å². The minimum absolute atomic E-state index is 0.175. The molecule has 0 spiro atoms. The lowest BCUT2D eigenvalue weighted by atomic mass is 10.1. The number of halogens is 2. The van der Waals surface area contributed by atoms with Crippen molar-refractivity contribution in [1.82, 2.24) is 14.6 Å². The molecule has 18 heavy (non-hydrogen) atoms. The summed E-state index contributed by atoms with van der Waals surface area (Å²) in [5, 5.41) is 8.66. The van der Waals surface area contributed by atoms with Gasteiger partial charge < -0.3 is 5.32 Å². The Kier molecular flexibility index (Phi) is 2.48. The number of nitrogens with zero attached hydrogens (tertiary/aromatic N) is 3. The number of fused-ring (bicyclic) bond motifs is 1. The normalized spacial score (nSPS) is 11.1. The molecule has 0 atom stereocenters. The molecule has 92 valence electrons. The van der Waals surface area contributed by atoms with Gasteiger partial charge in [-0.15, -0.1) is 16.4 Å². The highest BCUT2D eigenvalue weighted by Crippen LogP contribution is 2.28. The van der Waals surface area contributed by atoms with Crippen LogP contribution in [0.4, 0.5) is 14.7 Å². The van der Waals surface area contributed by atoms with Gasteiger partial charge in [0.1, 0.15) is 11.6 Å². The fraction of sp³-hybridized carbons (Fsp3) is 0.0909. The molecule has 4 nitrogen and oxygen atoms in total. The van der Waals surface area contributed by atoms with Crippen LogP contribution in [-0.2, 0) is 0 Å². The van der Waals surface area contributed by atoms with Crippen molar-refractivity contribution in [2.24, 2.45) is 0 Å². The summed E-state index contributed by atoms with van der Waals surface area (Å²) in [6, 6.07) is 3.34. The SMILES string of the molecule is CNc1nc2scc(-c3cc(F)ccc3F)n2n1. The van der Waals surface area contributed by atoms with Gasteiger partial charge in [-0.25, -0.2) is 13.3 Å². The fourth-order valence-corrected chi connectivity index (χ4v) is 2.49. The lowest BCUT2D eigenvalue weighted by Crippen LogP contribution is -1.94. The Morgan fingerprint density at radius 2 is 2.17 bits per heavy atom. The van der Waals surface area contributed by atoms with Gasteiger partial charge in [0, 0.05) is 18.0 Å². The predicted molar refractivity (Wildman–Crippen MR) is 65.8 cm³/mol. The first-order chi connectivity index (χ1) is 8.69. The Morgan fingerprint density at radius 3 is 2.94 bits per heavy atom. The number of thiazole rings is 1. The minimum Gasteiger partial charge on any atom is -0.356 e. The number of nitrogens with one attached hydrogen (secondary N) is 1. The number of benzene rings is 1. The molecule has 0 bridgehead atoms. The molecule has 0 amide bonds. The maximum atomic E-state index is 13.7. The predicted octanol–water partition coefficient (Wildman–Crippen LogP) is 2.78. The molecule has 1 N–H and O–H groups in total. The van der Waals surface area contributed by atoms with Crippen molar-refractivity contribution in [3.63, 3.8) is 0 Å². The maximum absolute atomic E-state index is 13.7. The third kappa shape index (κ3) is 1.63. The monoisotopic (exact) mass is 266 g/mol. The molecule has 0 fully saturated rings. The van der Waals surface area contributed by atoms with Crippen molar-refractivity contribution >= 4 is 22.2 Å². The Morgan fingerprint density at radius 1 is 1.33 bits per heavy atom. The molecule has 0 aliphatic rings. The zero-order valence-electron chi connectivity index (χ0n) is 9.32. The fourth-order valence-electron chi connectivity index (χ4n) is 1.67. The van der Waals surface area contributed by atoms with Gasteiger partial charge in [0.2, 0.25) is 10.9 Å². The third-order valence-corrected chi connectivity index (χ3v) is 3.33. The smallest absolute Gasteiger partial charge is 0.243 e. The van der Waals surface area contributed by atoms with Crippen LogP contribution in [0.15, 0.2) is 23.6 Å². The molecule has 0 unspecified atom stereocenters. The van der Waals surface area contributed by atoms with E-state index < -0.39 is 11.6 Å². The standard InChI is InChI=1S/C11H8F2N4S/c1-14-10-15-11-17(16-10)9(5-18-11)7-4-6(12)2-3-8(7)13/h2-5H,1H3,(H,14,16). The van der Waals surface area contributed by atoms with E-state index in [0.717, 1.165) is 18.2 Å². The molecule has 3 rings (SSSR count). The summed E-state index contributed by atoms with van der Waals surface area (Å²) in [5.41, 5.74) is 0.662. The largest absolute Gasteiger partial charge is 0.356 e. The Balaban J connectivity index is 2.24. The van der Waals surface area contributed by atoms with Crippen molar-refractivity contribution in [3.8, 4) is 11.3 Å². The van der Waals surface area contributed by atoms with Crippen LogP contribution in [0.2, 0.25) is 0 Å². The summed E-state index contributed by atoms with van der Waals surface area (Å²) in [5.74, 6) is -0.530. The van der Waals surface area contributed by atoms with Gasteiger partial charge in [-0.2, -0.15) is 4.98 Å². The van der Waals surface area contributed by atoms with Crippen molar-refractivity contribution in [2.75, 3.05) is 12.4 Å². The first-order valence-electron chi connectivity index (χ1n) is 5.16. The summed E-state index contributed by atoms with van der Waals surface area (Å²) < 4.78 is 28.4. The highest BCUT2D eigenvalue weighted by atomic mass is 32.1. The minimum atomic E-state index is -0.488. The van der Waals surface area contributed by atoms with E-state index in [1.807, 2.05) is 0 Å². The first-order valence-corrected chi connectivity index (χ1v) is 6.04. The molecule has 7 heteroatoms. The molecule has 0 aliphatic heterocycles. The number of aromatic nitrogens is 3. The van der Waals surface area contributed by atoms with E-state index in [2.05, 4.69) is 15.4 Å². The summed E-state index contributed by atoms with van der Waals surface area (Å²) >= 11 is 1.32. The highest BCUT2D eigenvalue weighted by Gasteiger charge is 2.14. The molecule has 0 saturated carbocycles. The number of rotatable bonds is 2.